The average Bonchev–Trinajstić information content (AvgIpc) is 3.09. The van der Waals surface area contributed by atoms with Crippen LogP contribution in [-0.2, 0) is 0 Å². The molecular formula is C15H9N5O2S. The molecule has 0 saturated carbocycles. The van der Waals surface area contributed by atoms with Crippen molar-refractivity contribution in [3.8, 4) is 16.6 Å². The number of hydrogen-bond donors (Lipinski definition) is 1. The molecule has 0 unspecified atom stereocenters. The largest absolute Gasteiger partial charge is 0.324 e. The molecule has 0 amide bonds. The number of nitrogens with one attached hydrogen (secondary N) is 1. The van der Waals surface area contributed by atoms with Gasteiger partial charge in [0.15, 0.2) is 0 Å². The van der Waals surface area contributed by atoms with Crippen LogP contribution in [-0.4, -0.2) is 14.9 Å². The van der Waals surface area contributed by atoms with Crippen LogP contribution in [0.1, 0.15) is 5.56 Å². The number of non-ortho nitro benzene ring substituents is 1. The number of aromatic nitrogens is 2. The van der Waals surface area contributed by atoms with Crippen LogP contribution in [0.25, 0.3) is 10.6 Å². The van der Waals surface area contributed by atoms with E-state index in [-0.39, 0.29) is 11.6 Å². The average molecular weight is 323 g/mol. The zero-order valence-electron chi connectivity index (χ0n) is 11.6. The van der Waals surface area contributed by atoms with Crippen molar-refractivity contribution in [3.63, 3.8) is 0 Å². The first-order chi connectivity index (χ1) is 11.2. The van der Waals surface area contributed by atoms with Crippen LogP contribution in [0.5, 0.6) is 0 Å². The summed E-state index contributed by atoms with van der Waals surface area (Å²) >= 11 is 1.47. The lowest BCUT2D eigenvalue weighted by molar-refractivity contribution is -0.384. The normalized spacial score (nSPS) is 10.0. The summed E-state index contributed by atoms with van der Waals surface area (Å²) in [7, 11) is 0. The van der Waals surface area contributed by atoms with Gasteiger partial charge in [0.1, 0.15) is 11.8 Å². The maximum Gasteiger partial charge on any atom is 0.271 e. The number of nitro groups is 1. The van der Waals surface area contributed by atoms with Crippen LogP contribution in [0.15, 0.2) is 48.0 Å². The molecule has 2 heterocycles. The van der Waals surface area contributed by atoms with Crippen LogP contribution in [0, 0.1) is 21.4 Å². The highest BCUT2D eigenvalue weighted by Crippen LogP contribution is 2.27. The van der Waals surface area contributed by atoms with Crippen LogP contribution < -0.4 is 5.32 Å². The summed E-state index contributed by atoms with van der Waals surface area (Å²) in [4.78, 5) is 19.6. The number of hydrogen-bond acceptors (Lipinski definition) is 7. The van der Waals surface area contributed by atoms with Gasteiger partial charge in [-0.05, 0) is 17.5 Å². The Kier molecular flexibility index (Phi) is 3.95. The lowest BCUT2D eigenvalue weighted by atomic mass is 10.2. The second-order valence-electron chi connectivity index (χ2n) is 4.48. The fourth-order valence-corrected chi connectivity index (χ4v) is 2.68. The highest BCUT2D eigenvalue weighted by atomic mass is 32.1. The van der Waals surface area contributed by atoms with Gasteiger partial charge in [-0.2, -0.15) is 5.26 Å². The monoisotopic (exact) mass is 323 g/mol. The summed E-state index contributed by atoms with van der Waals surface area (Å²) in [5.74, 6) is 0.271. The highest BCUT2D eigenvalue weighted by molar-refractivity contribution is 7.13. The summed E-state index contributed by atoms with van der Waals surface area (Å²) in [5, 5.41) is 24.8. The van der Waals surface area contributed by atoms with Crippen molar-refractivity contribution in [1.82, 2.24) is 9.97 Å². The molecule has 8 heteroatoms. The first kappa shape index (κ1) is 14.6. The third-order valence-corrected chi connectivity index (χ3v) is 3.85. The lowest BCUT2D eigenvalue weighted by Crippen LogP contribution is -2.00. The fourth-order valence-electron chi connectivity index (χ4n) is 1.95. The van der Waals surface area contributed by atoms with E-state index in [1.54, 1.807) is 12.1 Å². The van der Waals surface area contributed by atoms with Crippen molar-refractivity contribution in [2.45, 2.75) is 0 Å². The van der Waals surface area contributed by atoms with Crippen molar-refractivity contribution < 1.29 is 4.92 Å². The van der Waals surface area contributed by atoms with Gasteiger partial charge in [-0.3, -0.25) is 10.1 Å². The van der Waals surface area contributed by atoms with Gasteiger partial charge < -0.3 is 5.32 Å². The Bertz CT molecular complexity index is 902. The molecule has 0 bridgehead atoms. The van der Waals surface area contributed by atoms with E-state index in [2.05, 4.69) is 21.4 Å². The first-order valence-electron chi connectivity index (χ1n) is 6.50. The molecule has 3 aromatic rings. The Morgan fingerprint density at radius 2 is 2.17 bits per heavy atom. The maximum atomic E-state index is 10.8. The van der Waals surface area contributed by atoms with Gasteiger partial charge in [0.05, 0.1) is 21.6 Å². The zero-order chi connectivity index (χ0) is 16.2. The maximum absolute atomic E-state index is 10.8. The van der Waals surface area contributed by atoms with E-state index in [0.29, 0.717) is 16.9 Å². The molecule has 3 rings (SSSR count). The Hall–Kier alpha value is -3.31. The summed E-state index contributed by atoms with van der Waals surface area (Å²) in [6, 6.07) is 11.9. The third-order valence-electron chi connectivity index (χ3n) is 2.98. The molecule has 0 radical (unpaired) electrons. The molecule has 2 aromatic heterocycles. The summed E-state index contributed by atoms with van der Waals surface area (Å²) in [5.41, 5.74) is 1.38. The van der Waals surface area contributed by atoms with E-state index < -0.39 is 4.92 Å². The van der Waals surface area contributed by atoms with E-state index >= 15 is 0 Å². The molecule has 0 aliphatic rings. The Morgan fingerprint density at radius 1 is 1.30 bits per heavy atom. The summed E-state index contributed by atoms with van der Waals surface area (Å²) < 4.78 is 0. The molecule has 7 nitrogen and oxygen atoms in total. The number of nitriles is 1. The molecule has 0 saturated heterocycles. The van der Waals surface area contributed by atoms with E-state index in [4.69, 9.17) is 0 Å². The summed E-state index contributed by atoms with van der Waals surface area (Å²) in [6.07, 6.45) is 1.43. The third kappa shape index (κ3) is 3.14. The van der Waals surface area contributed by atoms with Gasteiger partial charge in [0.2, 0.25) is 5.95 Å². The van der Waals surface area contributed by atoms with Crippen LogP contribution in [0.2, 0.25) is 0 Å². The molecule has 23 heavy (non-hydrogen) atoms. The number of benzene rings is 1. The van der Waals surface area contributed by atoms with Gasteiger partial charge in [-0.15, -0.1) is 11.3 Å². The molecule has 0 fully saturated rings. The van der Waals surface area contributed by atoms with Crippen molar-refractivity contribution in [2.75, 3.05) is 5.32 Å². The first-order valence-corrected chi connectivity index (χ1v) is 7.38. The zero-order valence-corrected chi connectivity index (χ0v) is 12.4. The number of nitro benzene ring substituents is 1. The van der Waals surface area contributed by atoms with Gasteiger partial charge in [-0.25, -0.2) is 9.97 Å². The standard InChI is InChI=1S/C15H9N5O2S/c16-8-10-9-17-15(19-14(10)13-5-2-6-23-13)18-11-3-1-4-12(7-11)20(21)22/h1-7,9H,(H,17,18,19). The molecule has 0 aliphatic carbocycles. The number of rotatable bonds is 4. The second-order valence-corrected chi connectivity index (χ2v) is 5.43. The number of anilines is 2. The molecular weight excluding hydrogens is 314 g/mol. The fraction of sp³-hybridized carbons (Fsp3) is 0. The van der Waals surface area contributed by atoms with Crippen molar-refractivity contribution in [1.29, 1.82) is 5.26 Å². The molecule has 1 N–H and O–H groups in total. The molecule has 0 atom stereocenters. The van der Waals surface area contributed by atoms with E-state index in [1.165, 1.54) is 29.7 Å². The van der Waals surface area contributed by atoms with Crippen molar-refractivity contribution in [2.24, 2.45) is 0 Å². The number of thiophene rings is 1. The molecule has 0 spiro atoms. The minimum atomic E-state index is -0.470. The SMILES string of the molecule is N#Cc1cnc(Nc2cccc([N+](=O)[O-])c2)nc1-c1cccs1. The Labute approximate surface area is 135 Å². The van der Waals surface area contributed by atoms with Crippen LogP contribution in [0.4, 0.5) is 17.3 Å². The molecule has 1 aromatic carbocycles. The van der Waals surface area contributed by atoms with Gasteiger partial charge in [0.25, 0.3) is 5.69 Å². The lowest BCUT2D eigenvalue weighted by Gasteiger charge is -2.07. The van der Waals surface area contributed by atoms with Crippen molar-refractivity contribution in [3.05, 3.63) is 63.7 Å². The quantitative estimate of drug-likeness (QED) is 0.579. The highest BCUT2D eigenvalue weighted by Gasteiger charge is 2.11. The molecule has 112 valence electrons. The predicted molar refractivity (Wildman–Crippen MR) is 86.4 cm³/mol. The second kappa shape index (κ2) is 6.21. The number of nitrogens with zero attached hydrogens (tertiary/aromatic N) is 4. The van der Waals surface area contributed by atoms with Gasteiger partial charge in [-0.1, -0.05) is 12.1 Å². The van der Waals surface area contributed by atoms with Gasteiger partial charge >= 0.3 is 0 Å². The predicted octanol–water partition coefficient (Wildman–Crippen LogP) is 3.73. The molecule has 0 aliphatic heterocycles. The van der Waals surface area contributed by atoms with Crippen LogP contribution in [0.3, 0.4) is 0 Å². The van der Waals surface area contributed by atoms with Crippen molar-refractivity contribution >= 4 is 28.7 Å². The Morgan fingerprint density at radius 3 is 2.87 bits per heavy atom. The minimum absolute atomic E-state index is 0.0258. The van der Waals surface area contributed by atoms with E-state index in [1.807, 2.05) is 17.5 Å². The smallest absolute Gasteiger partial charge is 0.271 e. The summed E-state index contributed by atoms with van der Waals surface area (Å²) in [6.45, 7) is 0. The van der Waals surface area contributed by atoms with E-state index in [0.717, 1.165) is 4.88 Å². The minimum Gasteiger partial charge on any atom is -0.324 e. The topological polar surface area (TPSA) is 105 Å². The van der Waals surface area contributed by atoms with Crippen LogP contribution >= 0.6 is 11.3 Å². The van der Waals surface area contributed by atoms with Gasteiger partial charge in [0, 0.05) is 17.8 Å². The Balaban J connectivity index is 1.95. The van der Waals surface area contributed by atoms with E-state index in [9.17, 15) is 15.4 Å².